The SMILES string of the molecule is CCn1c(=O)c2ccccc2n(CC(=O)N(CCc2cccs2)Cc2cccs2)c1=O. The van der Waals surface area contributed by atoms with Crippen LogP contribution in [-0.2, 0) is 30.8 Å². The molecule has 8 heteroatoms. The van der Waals surface area contributed by atoms with Crippen LogP contribution in [0.1, 0.15) is 16.7 Å². The number of carbonyl (C=O) groups excluding carboxylic acids is 1. The number of aromatic nitrogens is 2. The molecular weight excluding hydrogens is 430 g/mol. The van der Waals surface area contributed by atoms with Gasteiger partial charge in [-0.3, -0.25) is 18.7 Å². The molecule has 3 heterocycles. The molecule has 0 aliphatic rings. The Morgan fingerprint density at radius 2 is 1.65 bits per heavy atom. The minimum Gasteiger partial charge on any atom is -0.336 e. The van der Waals surface area contributed by atoms with Gasteiger partial charge < -0.3 is 4.90 Å². The molecule has 0 bridgehead atoms. The molecule has 0 saturated heterocycles. The summed E-state index contributed by atoms with van der Waals surface area (Å²) in [4.78, 5) is 43.1. The highest BCUT2D eigenvalue weighted by molar-refractivity contribution is 7.10. The highest BCUT2D eigenvalue weighted by Crippen LogP contribution is 2.16. The Bertz CT molecular complexity index is 1290. The Kier molecular flexibility index (Phi) is 6.48. The Hall–Kier alpha value is -2.97. The molecule has 1 aromatic carbocycles. The van der Waals surface area contributed by atoms with Gasteiger partial charge in [-0.25, -0.2) is 4.79 Å². The van der Waals surface area contributed by atoms with E-state index in [1.165, 1.54) is 14.0 Å². The number of amides is 1. The second-order valence-electron chi connectivity index (χ2n) is 7.16. The fraction of sp³-hybridized carbons (Fsp3) is 0.261. The minimum atomic E-state index is -0.450. The van der Waals surface area contributed by atoms with Crippen molar-refractivity contribution in [1.82, 2.24) is 14.0 Å². The van der Waals surface area contributed by atoms with Gasteiger partial charge in [0.25, 0.3) is 5.56 Å². The lowest BCUT2D eigenvalue weighted by Gasteiger charge is -2.23. The summed E-state index contributed by atoms with van der Waals surface area (Å²) in [6.45, 7) is 2.98. The van der Waals surface area contributed by atoms with Crippen LogP contribution >= 0.6 is 22.7 Å². The van der Waals surface area contributed by atoms with Crippen LogP contribution in [0.25, 0.3) is 10.9 Å². The van der Waals surface area contributed by atoms with Crippen molar-refractivity contribution < 1.29 is 4.79 Å². The second kappa shape index (κ2) is 9.45. The van der Waals surface area contributed by atoms with E-state index in [0.29, 0.717) is 24.0 Å². The summed E-state index contributed by atoms with van der Waals surface area (Å²) in [5.74, 6) is -0.140. The van der Waals surface area contributed by atoms with E-state index in [1.807, 2.05) is 29.0 Å². The number of thiophene rings is 2. The number of para-hydroxylation sites is 1. The van der Waals surface area contributed by atoms with E-state index < -0.39 is 5.69 Å². The number of benzene rings is 1. The first-order valence-electron chi connectivity index (χ1n) is 10.1. The maximum atomic E-state index is 13.4. The highest BCUT2D eigenvalue weighted by Gasteiger charge is 2.19. The predicted octanol–water partition coefficient (Wildman–Crippen LogP) is 3.58. The Balaban J connectivity index is 1.67. The molecule has 0 radical (unpaired) electrons. The maximum absolute atomic E-state index is 13.4. The lowest BCUT2D eigenvalue weighted by Crippen LogP contribution is -2.43. The number of hydrogen-bond acceptors (Lipinski definition) is 5. The van der Waals surface area contributed by atoms with Crippen molar-refractivity contribution in [2.45, 2.75) is 33.0 Å². The fourth-order valence-corrected chi connectivity index (χ4v) is 5.04. The Labute approximate surface area is 187 Å². The van der Waals surface area contributed by atoms with Crippen LogP contribution in [0.5, 0.6) is 0 Å². The number of fused-ring (bicyclic) bond motifs is 1. The summed E-state index contributed by atoms with van der Waals surface area (Å²) in [6.07, 6.45) is 0.763. The molecule has 0 fully saturated rings. The van der Waals surface area contributed by atoms with Gasteiger partial charge in [-0.15, -0.1) is 22.7 Å². The van der Waals surface area contributed by atoms with Crippen LogP contribution in [0, 0.1) is 0 Å². The van der Waals surface area contributed by atoms with Gasteiger partial charge in [0.05, 0.1) is 17.4 Å². The van der Waals surface area contributed by atoms with E-state index in [-0.39, 0.29) is 24.6 Å². The zero-order chi connectivity index (χ0) is 21.8. The molecule has 4 aromatic rings. The Morgan fingerprint density at radius 1 is 0.935 bits per heavy atom. The van der Waals surface area contributed by atoms with Gasteiger partial charge in [-0.1, -0.05) is 24.3 Å². The summed E-state index contributed by atoms with van der Waals surface area (Å²) in [7, 11) is 0. The van der Waals surface area contributed by atoms with Crippen molar-refractivity contribution in [2.24, 2.45) is 0 Å². The van der Waals surface area contributed by atoms with Crippen molar-refractivity contribution in [3.8, 4) is 0 Å². The molecule has 0 unspecified atom stereocenters. The lowest BCUT2D eigenvalue weighted by molar-refractivity contribution is -0.132. The first-order chi connectivity index (χ1) is 15.1. The minimum absolute atomic E-state index is 0.102. The molecule has 1 amide bonds. The molecular formula is C23H23N3O3S2. The summed E-state index contributed by atoms with van der Waals surface area (Å²) >= 11 is 3.28. The molecule has 0 aliphatic heterocycles. The number of hydrogen-bond donors (Lipinski definition) is 0. The number of nitrogens with zero attached hydrogens (tertiary/aromatic N) is 3. The first kappa shape index (κ1) is 21.3. The average molecular weight is 454 g/mol. The molecule has 0 saturated carbocycles. The van der Waals surface area contributed by atoms with Gasteiger partial charge >= 0.3 is 5.69 Å². The summed E-state index contributed by atoms with van der Waals surface area (Å²) in [5.41, 5.74) is -0.279. The molecule has 4 rings (SSSR count). The van der Waals surface area contributed by atoms with Gasteiger partial charge in [0.15, 0.2) is 0 Å². The predicted molar refractivity (Wildman–Crippen MR) is 126 cm³/mol. The molecule has 31 heavy (non-hydrogen) atoms. The maximum Gasteiger partial charge on any atom is 0.331 e. The van der Waals surface area contributed by atoms with Crippen LogP contribution in [0.15, 0.2) is 68.9 Å². The summed E-state index contributed by atoms with van der Waals surface area (Å²) in [5, 5.41) is 4.47. The molecule has 160 valence electrons. The van der Waals surface area contributed by atoms with Crippen molar-refractivity contribution >= 4 is 39.5 Å². The van der Waals surface area contributed by atoms with Gasteiger partial charge in [0.1, 0.15) is 6.54 Å². The second-order valence-corrected chi connectivity index (χ2v) is 9.22. The molecule has 0 N–H and O–H groups in total. The van der Waals surface area contributed by atoms with Crippen LogP contribution in [0.3, 0.4) is 0 Å². The summed E-state index contributed by atoms with van der Waals surface area (Å²) in [6, 6.07) is 15.0. The van der Waals surface area contributed by atoms with Crippen molar-refractivity contribution in [2.75, 3.05) is 6.54 Å². The van der Waals surface area contributed by atoms with Crippen molar-refractivity contribution in [1.29, 1.82) is 0 Å². The third-order valence-electron chi connectivity index (χ3n) is 5.23. The fourth-order valence-electron chi connectivity index (χ4n) is 3.62. The molecule has 6 nitrogen and oxygen atoms in total. The average Bonchev–Trinajstić information content (AvgIpc) is 3.48. The molecule has 3 aromatic heterocycles. The van der Waals surface area contributed by atoms with Gasteiger partial charge in [0.2, 0.25) is 5.91 Å². The quantitative estimate of drug-likeness (QED) is 0.410. The topological polar surface area (TPSA) is 64.3 Å². The third-order valence-corrected chi connectivity index (χ3v) is 7.03. The van der Waals surface area contributed by atoms with E-state index in [1.54, 1.807) is 58.8 Å². The van der Waals surface area contributed by atoms with Crippen molar-refractivity contribution in [3.63, 3.8) is 0 Å². The van der Waals surface area contributed by atoms with Crippen molar-refractivity contribution in [3.05, 3.63) is 89.9 Å². The van der Waals surface area contributed by atoms with Crippen LogP contribution in [-0.4, -0.2) is 26.5 Å². The van der Waals surface area contributed by atoms with E-state index in [2.05, 4.69) is 6.07 Å². The Morgan fingerprint density at radius 3 is 2.32 bits per heavy atom. The zero-order valence-electron chi connectivity index (χ0n) is 17.2. The van der Waals surface area contributed by atoms with E-state index in [0.717, 1.165) is 11.3 Å². The van der Waals surface area contributed by atoms with Crippen LogP contribution < -0.4 is 11.2 Å². The van der Waals surface area contributed by atoms with Gasteiger partial charge in [-0.2, -0.15) is 0 Å². The molecule has 0 atom stereocenters. The van der Waals surface area contributed by atoms with E-state index in [4.69, 9.17) is 0 Å². The van der Waals surface area contributed by atoms with Crippen LogP contribution in [0.4, 0.5) is 0 Å². The largest absolute Gasteiger partial charge is 0.336 e. The standard InChI is InChI=1S/C23H23N3O3S2/c1-2-25-22(28)19-9-3-4-10-20(19)26(23(25)29)16-21(27)24(15-18-8-6-14-31-18)12-11-17-7-5-13-30-17/h3-10,13-14H,2,11-12,15-16H2,1H3. The third kappa shape index (κ3) is 4.55. The molecule has 0 aliphatic carbocycles. The molecule has 0 spiro atoms. The number of rotatable bonds is 8. The zero-order valence-corrected chi connectivity index (χ0v) is 18.8. The summed E-state index contributed by atoms with van der Waals surface area (Å²) < 4.78 is 2.61. The highest BCUT2D eigenvalue weighted by atomic mass is 32.1. The normalized spacial score (nSPS) is 11.1. The van der Waals surface area contributed by atoms with Gasteiger partial charge in [0, 0.05) is 22.8 Å². The number of carbonyl (C=O) groups is 1. The van der Waals surface area contributed by atoms with E-state index >= 15 is 0 Å². The first-order valence-corrected chi connectivity index (χ1v) is 11.9. The van der Waals surface area contributed by atoms with Crippen LogP contribution in [0.2, 0.25) is 0 Å². The van der Waals surface area contributed by atoms with E-state index in [9.17, 15) is 14.4 Å². The van der Waals surface area contributed by atoms with Gasteiger partial charge in [-0.05, 0) is 48.4 Å². The smallest absolute Gasteiger partial charge is 0.331 e. The lowest BCUT2D eigenvalue weighted by atomic mass is 10.2. The monoisotopic (exact) mass is 453 g/mol.